The molecule has 1 aliphatic rings. The van der Waals surface area contributed by atoms with E-state index in [1.165, 1.54) is 43.5 Å². The number of aryl methyl sites for hydroxylation is 4. The Balaban J connectivity index is 1.71. The van der Waals surface area contributed by atoms with Crippen LogP contribution in [0.15, 0.2) is 97.1 Å². The van der Waals surface area contributed by atoms with Gasteiger partial charge in [0.1, 0.15) is 48.1 Å². The van der Waals surface area contributed by atoms with Crippen molar-refractivity contribution in [3.8, 4) is 0 Å². The highest BCUT2D eigenvalue weighted by atomic mass is 31.2. The van der Waals surface area contributed by atoms with Crippen molar-refractivity contribution in [3.63, 3.8) is 0 Å². The lowest BCUT2D eigenvalue weighted by Gasteiger charge is -2.43. The van der Waals surface area contributed by atoms with Crippen molar-refractivity contribution in [2.45, 2.75) is 39.4 Å². The molecule has 2 N–H and O–H groups in total. The lowest BCUT2D eigenvalue weighted by Crippen LogP contribution is -2.49. The zero-order chi connectivity index (χ0) is 25.5. The second-order valence-electron chi connectivity index (χ2n) is 10.4. The van der Waals surface area contributed by atoms with Crippen LogP contribution in [0.2, 0.25) is 0 Å². The van der Waals surface area contributed by atoms with E-state index in [0.29, 0.717) is 12.3 Å². The molecule has 0 aliphatic carbocycles. The topological polar surface area (TPSA) is 40.5 Å². The summed E-state index contributed by atoms with van der Waals surface area (Å²) in [5, 5.41) is 29.3. The van der Waals surface area contributed by atoms with Crippen molar-refractivity contribution in [1.29, 1.82) is 0 Å². The van der Waals surface area contributed by atoms with Crippen LogP contribution < -0.4 is 21.2 Å². The predicted molar refractivity (Wildman–Crippen MR) is 159 cm³/mol. The zero-order valence-electron chi connectivity index (χ0n) is 21.6. The van der Waals surface area contributed by atoms with Crippen LogP contribution in [-0.4, -0.2) is 34.2 Å². The van der Waals surface area contributed by atoms with Crippen LogP contribution in [0, 0.1) is 27.7 Å². The van der Waals surface area contributed by atoms with E-state index in [2.05, 4.69) is 125 Å². The molecule has 4 heteroatoms. The second-order valence-corrected chi connectivity index (χ2v) is 17.9. The first-order valence-corrected chi connectivity index (χ1v) is 16.7. The van der Waals surface area contributed by atoms with Crippen molar-refractivity contribution in [2.75, 3.05) is 12.3 Å². The first-order valence-electron chi connectivity index (χ1n) is 12.7. The summed E-state index contributed by atoms with van der Waals surface area (Å²) in [4.78, 5) is 0. The molecule has 0 unspecified atom stereocenters. The van der Waals surface area contributed by atoms with Gasteiger partial charge in [-0.1, -0.05) is 70.8 Å². The predicted octanol–water partition coefficient (Wildman–Crippen LogP) is 5.21. The summed E-state index contributed by atoms with van der Waals surface area (Å²) >= 11 is 0. The minimum absolute atomic E-state index is 0.540. The zero-order valence-corrected chi connectivity index (χ0v) is 23.4. The molecule has 184 valence electrons. The molecule has 0 saturated carbocycles. The molecule has 0 radical (unpaired) electrons. The maximum Gasteiger partial charge on any atom is 0.208 e. The molecule has 2 nitrogen and oxygen atoms in total. The molecule has 0 aromatic heterocycles. The van der Waals surface area contributed by atoms with Gasteiger partial charge in [-0.2, -0.15) is 0 Å². The Hall–Kier alpha value is -2.34. The van der Waals surface area contributed by atoms with E-state index < -0.39 is 26.2 Å². The Bertz CT molecular complexity index is 1130. The third kappa shape index (κ3) is 4.25. The average molecular weight is 515 g/mol. The van der Waals surface area contributed by atoms with E-state index in [-0.39, 0.29) is 0 Å². The third-order valence-corrected chi connectivity index (χ3v) is 17.6. The molecule has 0 bridgehead atoms. The van der Waals surface area contributed by atoms with Crippen molar-refractivity contribution >= 4 is 35.7 Å². The van der Waals surface area contributed by atoms with Crippen LogP contribution in [0.5, 0.6) is 0 Å². The smallest absolute Gasteiger partial charge is 0.208 e. The summed E-state index contributed by atoms with van der Waals surface area (Å²) in [5.41, 5.74) is 4.81. The fourth-order valence-corrected chi connectivity index (χ4v) is 16.5. The molecule has 4 aromatic rings. The quantitative estimate of drug-likeness (QED) is 0.367. The first kappa shape index (κ1) is 25.3. The molecule has 1 saturated heterocycles. The maximum absolute atomic E-state index is 12.3. The largest absolute Gasteiger partial charge is 0.356 e. The van der Waals surface area contributed by atoms with Crippen LogP contribution in [0.3, 0.4) is 0 Å². The molecule has 1 heterocycles. The van der Waals surface area contributed by atoms with Gasteiger partial charge in [0.25, 0.3) is 0 Å². The van der Waals surface area contributed by atoms with Crippen LogP contribution in [0.4, 0.5) is 0 Å². The molecule has 4 aromatic carbocycles. The number of hydrogen-bond donors (Lipinski definition) is 2. The first-order chi connectivity index (χ1) is 17.3. The highest BCUT2D eigenvalue weighted by Gasteiger charge is 2.67. The lowest BCUT2D eigenvalue weighted by molar-refractivity contribution is 0.249. The number of benzene rings is 4. The van der Waals surface area contributed by atoms with Gasteiger partial charge >= 0.3 is 0 Å². The van der Waals surface area contributed by atoms with E-state index in [9.17, 15) is 10.2 Å². The fourth-order valence-electron chi connectivity index (χ4n) is 5.69. The van der Waals surface area contributed by atoms with E-state index in [4.69, 9.17) is 0 Å². The minimum Gasteiger partial charge on any atom is -0.356 e. The van der Waals surface area contributed by atoms with Crippen LogP contribution in [-0.2, 0) is 0 Å². The normalized spacial score (nSPS) is 20.7. The monoisotopic (exact) mass is 514 g/mol. The number of aliphatic hydroxyl groups excluding tert-OH is 2. The van der Waals surface area contributed by atoms with E-state index >= 15 is 0 Å². The van der Waals surface area contributed by atoms with Gasteiger partial charge in [0.05, 0.1) is 0 Å². The summed E-state index contributed by atoms with van der Waals surface area (Å²) in [7, 11) is -4.58. The van der Waals surface area contributed by atoms with Gasteiger partial charge in [0.15, 0.2) is 0 Å². The summed E-state index contributed by atoms with van der Waals surface area (Å²) in [6.45, 7) is 8.38. The minimum atomic E-state index is -2.29. The number of aliphatic hydroxyl groups is 2. The van der Waals surface area contributed by atoms with Crippen molar-refractivity contribution in [1.82, 2.24) is 0 Å². The van der Waals surface area contributed by atoms with Gasteiger partial charge in [-0.05, 0) is 76.2 Å². The SMILES string of the molecule is Cc1ccc([P+]2(c3ccc(C)cc3)C[C@H](O)[P+](c3ccc(C)cc3)(c3ccc(C)cc3)C[C@@H]2O)cc1. The average Bonchev–Trinajstić information content (AvgIpc) is 2.87. The van der Waals surface area contributed by atoms with E-state index in [0.717, 1.165) is 0 Å². The number of rotatable bonds is 4. The van der Waals surface area contributed by atoms with Gasteiger partial charge in [-0.15, -0.1) is 0 Å². The van der Waals surface area contributed by atoms with Gasteiger partial charge in [-0.25, -0.2) is 0 Å². The summed E-state index contributed by atoms with van der Waals surface area (Å²) in [6.07, 6.45) is 1.16. The van der Waals surface area contributed by atoms with Gasteiger partial charge in [0, 0.05) is 0 Å². The Morgan fingerprint density at radius 2 is 0.611 bits per heavy atom. The molecule has 5 rings (SSSR count). The molecule has 0 amide bonds. The molecular formula is C32H36O2P2+2. The van der Waals surface area contributed by atoms with Crippen molar-refractivity contribution < 1.29 is 10.2 Å². The molecular weight excluding hydrogens is 478 g/mol. The summed E-state index contributed by atoms with van der Waals surface area (Å²) < 4.78 is 0. The summed E-state index contributed by atoms with van der Waals surface area (Å²) in [5.74, 6) is -1.08. The maximum atomic E-state index is 12.3. The molecule has 36 heavy (non-hydrogen) atoms. The van der Waals surface area contributed by atoms with Gasteiger partial charge < -0.3 is 10.2 Å². The van der Waals surface area contributed by atoms with Crippen LogP contribution >= 0.6 is 14.5 Å². The highest BCUT2D eigenvalue weighted by Crippen LogP contribution is 2.75. The third-order valence-electron chi connectivity index (χ3n) is 7.90. The standard InChI is InChI=1S/C32H36O2P2/c1-23-5-13-27(14-6-23)35(28-15-7-24(2)8-16-28)21-32(34)36(22-31(35)33,29-17-9-25(3)10-18-29)30-19-11-26(4)12-20-30/h5-20,31-34H,21-22H2,1-4H3/q+2/t31-,32-/m1/s1. The highest BCUT2D eigenvalue weighted by molar-refractivity contribution is 7.96. The Morgan fingerprint density at radius 3 is 0.806 bits per heavy atom. The Kier molecular flexibility index (Phi) is 6.92. The van der Waals surface area contributed by atoms with E-state index in [1.807, 2.05) is 0 Å². The fraction of sp³-hybridized carbons (Fsp3) is 0.250. The second kappa shape index (κ2) is 9.85. The lowest BCUT2D eigenvalue weighted by atomic mass is 10.2. The number of hydrogen-bond acceptors (Lipinski definition) is 2. The Labute approximate surface area is 216 Å². The van der Waals surface area contributed by atoms with Crippen molar-refractivity contribution in [3.05, 3.63) is 119 Å². The van der Waals surface area contributed by atoms with Crippen LogP contribution in [0.25, 0.3) is 0 Å². The Morgan fingerprint density at radius 1 is 0.417 bits per heavy atom. The van der Waals surface area contributed by atoms with Gasteiger partial charge in [0.2, 0.25) is 11.7 Å². The van der Waals surface area contributed by atoms with Crippen LogP contribution in [0.1, 0.15) is 22.3 Å². The molecule has 0 spiro atoms. The molecule has 2 atom stereocenters. The van der Waals surface area contributed by atoms with E-state index in [1.54, 1.807) is 0 Å². The van der Waals surface area contributed by atoms with Crippen molar-refractivity contribution in [2.24, 2.45) is 0 Å². The summed E-state index contributed by atoms with van der Waals surface area (Å²) in [6, 6.07) is 34.6. The molecule has 1 aliphatic heterocycles. The van der Waals surface area contributed by atoms with Gasteiger partial charge in [-0.3, -0.25) is 0 Å². The molecule has 1 fully saturated rings.